The number of benzene rings is 2. The van der Waals surface area contributed by atoms with Gasteiger partial charge >= 0.3 is 5.69 Å². The smallest absolute Gasteiger partial charge is 0.324 e. The first-order chi connectivity index (χ1) is 14.8. The highest BCUT2D eigenvalue weighted by Crippen LogP contribution is 2.25. The van der Waals surface area contributed by atoms with Gasteiger partial charge in [0.1, 0.15) is 6.04 Å². The van der Waals surface area contributed by atoms with Crippen LogP contribution in [0, 0.1) is 6.92 Å². The molecule has 0 spiro atoms. The Bertz CT molecular complexity index is 1420. The Labute approximate surface area is 182 Å². The fourth-order valence-corrected chi connectivity index (χ4v) is 3.70. The summed E-state index contributed by atoms with van der Waals surface area (Å²) in [6.45, 7) is 1.87. The molecule has 1 unspecified atom stereocenters. The quantitative estimate of drug-likeness (QED) is 0.531. The van der Waals surface area contributed by atoms with E-state index in [1.54, 1.807) is 24.3 Å². The van der Waals surface area contributed by atoms with Crippen molar-refractivity contribution < 1.29 is 4.79 Å². The number of carbonyl (C=O) groups is 1. The molecule has 2 aromatic carbocycles. The fraction of sp³-hybridized carbons (Fsp3) is 0.182. The molecule has 8 nitrogen and oxygen atoms in total. The molecule has 0 bridgehead atoms. The van der Waals surface area contributed by atoms with E-state index >= 15 is 0 Å². The number of carbonyl (C=O) groups excluding carboxylic acids is 1. The van der Waals surface area contributed by atoms with Crippen LogP contribution in [0.5, 0.6) is 0 Å². The molecule has 0 saturated heterocycles. The van der Waals surface area contributed by atoms with E-state index in [9.17, 15) is 14.4 Å². The van der Waals surface area contributed by atoms with Crippen molar-refractivity contribution in [1.29, 1.82) is 0 Å². The molecule has 31 heavy (non-hydrogen) atoms. The number of hydrogen-bond donors (Lipinski definition) is 1. The molecular weight excluding hydrogens is 418 g/mol. The van der Waals surface area contributed by atoms with Crippen molar-refractivity contribution in [2.45, 2.75) is 13.0 Å². The summed E-state index contributed by atoms with van der Waals surface area (Å²) in [6.07, 6.45) is 1.41. The number of halogens is 1. The minimum absolute atomic E-state index is 0.163. The maximum atomic E-state index is 13.4. The number of aromatic nitrogens is 4. The van der Waals surface area contributed by atoms with Crippen molar-refractivity contribution in [2.24, 2.45) is 14.1 Å². The van der Waals surface area contributed by atoms with E-state index in [0.717, 1.165) is 10.1 Å². The molecule has 0 saturated carbocycles. The zero-order chi connectivity index (χ0) is 22.3. The monoisotopic (exact) mass is 437 g/mol. The van der Waals surface area contributed by atoms with Gasteiger partial charge in [-0.25, -0.2) is 9.78 Å². The molecule has 0 fully saturated rings. The lowest BCUT2D eigenvalue weighted by molar-refractivity contribution is -0.118. The summed E-state index contributed by atoms with van der Waals surface area (Å²) in [4.78, 5) is 42.9. The van der Waals surface area contributed by atoms with Gasteiger partial charge in [-0.05, 0) is 30.2 Å². The van der Waals surface area contributed by atoms with Gasteiger partial charge < -0.3 is 9.88 Å². The molecule has 1 atom stereocenters. The number of anilines is 1. The third kappa shape index (κ3) is 3.55. The van der Waals surface area contributed by atoms with Crippen LogP contribution in [0.1, 0.15) is 17.2 Å². The summed E-state index contributed by atoms with van der Waals surface area (Å²) in [7, 11) is 2.93. The van der Waals surface area contributed by atoms with Crippen LogP contribution in [0.15, 0.2) is 64.4 Å². The lowest BCUT2D eigenvalue weighted by atomic mass is 10.1. The Kier molecular flexibility index (Phi) is 5.24. The largest absolute Gasteiger partial charge is 0.332 e. The zero-order valence-corrected chi connectivity index (χ0v) is 17.9. The molecule has 0 radical (unpaired) electrons. The van der Waals surface area contributed by atoms with Gasteiger partial charge in [0.25, 0.3) is 11.5 Å². The van der Waals surface area contributed by atoms with Gasteiger partial charge in [-0.3, -0.25) is 18.7 Å². The van der Waals surface area contributed by atoms with E-state index in [1.165, 1.54) is 29.6 Å². The Morgan fingerprint density at radius 2 is 1.77 bits per heavy atom. The maximum absolute atomic E-state index is 13.4. The van der Waals surface area contributed by atoms with Crippen LogP contribution < -0.4 is 16.6 Å². The van der Waals surface area contributed by atoms with E-state index in [-0.39, 0.29) is 17.1 Å². The molecule has 158 valence electrons. The van der Waals surface area contributed by atoms with Crippen molar-refractivity contribution in [2.75, 3.05) is 5.32 Å². The first-order valence-electron chi connectivity index (χ1n) is 9.54. The topological polar surface area (TPSA) is 90.9 Å². The van der Waals surface area contributed by atoms with Crippen LogP contribution >= 0.6 is 11.6 Å². The number of nitrogens with one attached hydrogen (secondary N) is 1. The predicted molar refractivity (Wildman–Crippen MR) is 120 cm³/mol. The van der Waals surface area contributed by atoms with E-state index in [0.29, 0.717) is 16.3 Å². The third-order valence-electron chi connectivity index (χ3n) is 5.25. The summed E-state index contributed by atoms with van der Waals surface area (Å²) in [5, 5.41) is 3.41. The number of imidazole rings is 1. The SMILES string of the molecule is Cc1ccc(NC(=O)C(c2ccccc2)n2cnc3c2c(=O)n(C)c(=O)n3C)cc1Cl. The minimum Gasteiger partial charge on any atom is -0.324 e. The molecule has 4 rings (SSSR count). The highest BCUT2D eigenvalue weighted by Gasteiger charge is 2.27. The van der Waals surface area contributed by atoms with Crippen LogP contribution in [0.4, 0.5) is 5.69 Å². The number of nitrogens with zero attached hydrogens (tertiary/aromatic N) is 4. The van der Waals surface area contributed by atoms with Crippen LogP contribution in [-0.4, -0.2) is 24.6 Å². The molecule has 1 N–H and O–H groups in total. The number of amides is 1. The van der Waals surface area contributed by atoms with Gasteiger partial charge in [0.15, 0.2) is 11.2 Å². The van der Waals surface area contributed by atoms with Crippen molar-refractivity contribution >= 4 is 34.4 Å². The predicted octanol–water partition coefficient (Wildman–Crippen LogP) is 2.62. The third-order valence-corrected chi connectivity index (χ3v) is 5.66. The first-order valence-corrected chi connectivity index (χ1v) is 9.92. The van der Waals surface area contributed by atoms with Crippen LogP contribution in [0.3, 0.4) is 0 Å². The van der Waals surface area contributed by atoms with Gasteiger partial charge in [0.05, 0.1) is 6.33 Å². The van der Waals surface area contributed by atoms with Crippen LogP contribution in [0.25, 0.3) is 11.2 Å². The van der Waals surface area contributed by atoms with E-state index < -0.39 is 17.3 Å². The number of fused-ring (bicyclic) bond motifs is 1. The van der Waals surface area contributed by atoms with Crippen LogP contribution in [0.2, 0.25) is 5.02 Å². The van der Waals surface area contributed by atoms with Crippen LogP contribution in [-0.2, 0) is 18.9 Å². The summed E-state index contributed by atoms with van der Waals surface area (Å²) in [5.74, 6) is -0.374. The Morgan fingerprint density at radius 3 is 2.45 bits per heavy atom. The van der Waals surface area contributed by atoms with Gasteiger partial charge in [0, 0.05) is 24.8 Å². The second kappa shape index (κ2) is 7.88. The standard InChI is InChI=1S/C22H20ClN5O3/c1-13-9-10-15(11-16(13)23)25-20(29)17(14-7-5-4-6-8-14)28-12-24-19-18(28)21(30)27(3)22(31)26(19)2/h4-12,17H,1-3H3,(H,25,29). The lowest BCUT2D eigenvalue weighted by Crippen LogP contribution is -2.38. The summed E-state index contributed by atoms with van der Waals surface area (Å²) in [5.41, 5.74) is 1.44. The van der Waals surface area contributed by atoms with Gasteiger partial charge in [0.2, 0.25) is 0 Å². The lowest BCUT2D eigenvalue weighted by Gasteiger charge is -2.20. The average molecular weight is 438 g/mol. The molecule has 9 heteroatoms. The highest BCUT2D eigenvalue weighted by molar-refractivity contribution is 6.31. The molecule has 2 heterocycles. The van der Waals surface area contributed by atoms with Crippen molar-refractivity contribution in [3.05, 3.63) is 91.8 Å². The molecule has 2 aromatic heterocycles. The maximum Gasteiger partial charge on any atom is 0.332 e. The molecular formula is C22H20ClN5O3. The summed E-state index contributed by atoms with van der Waals surface area (Å²) < 4.78 is 3.78. The Hall–Kier alpha value is -3.65. The molecule has 0 aliphatic carbocycles. The normalized spacial score (nSPS) is 12.1. The summed E-state index contributed by atoms with van der Waals surface area (Å²) >= 11 is 6.20. The average Bonchev–Trinajstić information content (AvgIpc) is 3.19. The Balaban J connectivity index is 1.89. The number of aryl methyl sites for hydroxylation is 2. The zero-order valence-electron chi connectivity index (χ0n) is 17.2. The Morgan fingerprint density at radius 1 is 1.06 bits per heavy atom. The highest BCUT2D eigenvalue weighted by atomic mass is 35.5. The first kappa shape index (κ1) is 20.6. The number of hydrogen-bond acceptors (Lipinski definition) is 4. The minimum atomic E-state index is -0.892. The van der Waals surface area contributed by atoms with E-state index in [1.807, 2.05) is 31.2 Å². The van der Waals surface area contributed by atoms with Gasteiger partial charge in [-0.1, -0.05) is 48.0 Å². The van der Waals surface area contributed by atoms with Crippen molar-refractivity contribution in [3.8, 4) is 0 Å². The van der Waals surface area contributed by atoms with E-state index in [4.69, 9.17) is 11.6 Å². The van der Waals surface area contributed by atoms with E-state index in [2.05, 4.69) is 10.3 Å². The van der Waals surface area contributed by atoms with Gasteiger partial charge in [-0.15, -0.1) is 0 Å². The fourth-order valence-electron chi connectivity index (χ4n) is 3.51. The molecule has 1 amide bonds. The number of rotatable bonds is 4. The second-order valence-electron chi connectivity index (χ2n) is 7.30. The molecule has 4 aromatic rings. The summed E-state index contributed by atoms with van der Waals surface area (Å²) in [6, 6.07) is 13.4. The molecule has 0 aliphatic rings. The molecule has 0 aliphatic heterocycles. The van der Waals surface area contributed by atoms with Crippen molar-refractivity contribution in [1.82, 2.24) is 18.7 Å². The second-order valence-corrected chi connectivity index (χ2v) is 7.70. The van der Waals surface area contributed by atoms with Gasteiger partial charge in [-0.2, -0.15) is 0 Å². The van der Waals surface area contributed by atoms with Crippen molar-refractivity contribution in [3.63, 3.8) is 0 Å².